The lowest BCUT2D eigenvalue weighted by Gasteiger charge is -2.26. The maximum absolute atomic E-state index is 12.3. The van der Waals surface area contributed by atoms with Crippen LogP contribution in [0.5, 0.6) is 0 Å². The summed E-state index contributed by atoms with van der Waals surface area (Å²) in [4.78, 5) is 12.3. The van der Waals surface area contributed by atoms with Crippen molar-refractivity contribution in [3.63, 3.8) is 0 Å². The summed E-state index contributed by atoms with van der Waals surface area (Å²) in [6.45, 7) is 4.09. The van der Waals surface area contributed by atoms with Crippen LogP contribution in [0.1, 0.15) is 162 Å². The first-order valence-electron chi connectivity index (χ1n) is 17.3. The van der Waals surface area contributed by atoms with Gasteiger partial charge in [0.25, 0.3) is 0 Å². The molecule has 0 radical (unpaired) electrons. The molecule has 3 unspecified atom stereocenters. The average molecular weight is 578 g/mol. The molecule has 0 fully saturated rings. The summed E-state index contributed by atoms with van der Waals surface area (Å²) in [7, 11) is 0. The summed E-state index contributed by atoms with van der Waals surface area (Å²) < 4.78 is 0. The molecule has 41 heavy (non-hydrogen) atoms. The minimum atomic E-state index is -1.17. The Morgan fingerprint density at radius 1 is 0.585 bits per heavy atom. The Labute approximate surface area is 254 Å². The molecule has 0 aliphatic carbocycles. The molecule has 3 atom stereocenters. The number of hydrogen-bond donors (Lipinski definition) is 4. The van der Waals surface area contributed by atoms with Gasteiger partial charge in [-0.25, -0.2) is 0 Å². The first-order chi connectivity index (χ1) is 20.1. The molecular weight excluding hydrogens is 510 g/mol. The van der Waals surface area contributed by atoms with Gasteiger partial charge >= 0.3 is 0 Å². The molecule has 5 nitrogen and oxygen atoms in total. The molecule has 0 rings (SSSR count). The second-order valence-corrected chi connectivity index (χ2v) is 11.7. The third-order valence-electron chi connectivity index (χ3n) is 7.69. The number of rotatable bonds is 30. The van der Waals surface area contributed by atoms with E-state index in [0.717, 1.165) is 51.4 Å². The molecule has 0 aromatic heterocycles. The highest BCUT2D eigenvalue weighted by Crippen LogP contribution is 2.12. The Bertz CT molecular complexity index is 645. The van der Waals surface area contributed by atoms with E-state index in [-0.39, 0.29) is 12.5 Å². The van der Waals surface area contributed by atoms with Gasteiger partial charge in [0.05, 0.1) is 18.8 Å². The van der Waals surface area contributed by atoms with E-state index >= 15 is 0 Å². The van der Waals surface area contributed by atoms with Crippen LogP contribution in [0.4, 0.5) is 0 Å². The monoisotopic (exact) mass is 578 g/mol. The summed E-state index contributed by atoms with van der Waals surface area (Å²) in [5, 5.41) is 33.2. The molecule has 0 saturated heterocycles. The quantitative estimate of drug-likeness (QED) is 0.0507. The molecule has 0 aliphatic heterocycles. The minimum absolute atomic E-state index is 0.172. The SMILES string of the molecule is CCCCC/C=C\CCCCCCCC(=O)NC(CO)C(O)C(O)CCC/C=C/CC/C=C/CCCCCCCC. The summed E-state index contributed by atoms with van der Waals surface area (Å²) in [5.41, 5.74) is 0. The Balaban J connectivity index is 3.83. The van der Waals surface area contributed by atoms with Crippen LogP contribution in [0.2, 0.25) is 0 Å². The predicted octanol–water partition coefficient (Wildman–Crippen LogP) is 8.87. The van der Waals surface area contributed by atoms with E-state index in [9.17, 15) is 20.1 Å². The summed E-state index contributed by atoms with van der Waals surface area (Å²) in [5.74, 6) is -0.172. The molecule has 0 heterocycles. The zero-order valence-electron chi connectivity index (χ0n) is 26.9. The largest absolute Gasteiger partial charge is 0.394 e. The van der Waals surface area contributed by atoms with E-state index in [2.05, 4.69) is 55.6 Å². The van der Waals surface area contributed by atoms with Gasteiger partial charge in [-0.2, -0.15) is 0 Å². The van der Waals surface area contributed by atoms with Gasteiger partial charge in [-0.3, -0.25) is 4.79 Å². The standard InChI is InChI=1S/C36H67NO4/c1-3-5-7-9-11-13-15-17-18-19-20-22-24-26-28-30-34(39)36(41)33(32-38)37-35(40)31-29-27-25-23-21-16-14-12-10-8-6-4-2/h12,14,17-18,22,24,33-34,36,38-39,41H,3-11,13,15-16,19-21,23,25-32H2,1-2H3,(H,37,40)/b14-12-,18-17+,24-22+. The van der Waals surface area contributed by atoms with Gasteiger partial charge in [-0.1, -0.05) is 115 Å². The fraction of sp³-hybridized carbons (Fsp3) is 0.806. The highest BCUT2D eigenvalue weighted by Gasteiger charge is 2.26. The fourth-order valence-electron chi connectivity index (χ4n) is 4.93. The zero-order valence-corrected chi connectivity index (χ0v) is 26.9. The molecule has 0 spiro atoms. The van der Waals surface area contributed by atoms with Crippen LogP contribution in [0, 0.1) is 0 Å². The van der Waals surface area contributed by atoms with Gasteiger partial charge < -0.3 is 20.6 Å². The first kappa shape index (κ1) is 39.6. The number of carbonyl (C=O) groups is 1. The number of aliphatic hydroxyl groups is 3. The summed E-state index contributed by atoms with van der Waals surface area (Å²) >= 11 is 0. The van der Waals surface area contributed by atoms with Gasteiger partial charge in [-0.15, -0.1) is 0 Å². The van der Waals surface area contributed by atoms with Gasteiger partial charge in [0, 0.05) is 6.42 Å². The molecule has 0 aliphatic rings. The predicted molar refractivity (Wildman–Crippen MR) is 176 cm³/mol. The third kappa shape index (κ3) is 27.2. The average Bonchev–Trinajstić information content (AvgIpc) is 2.97. The van der Waals surface area contributed by atoms with Crippen molar-refractivity contribution >= 4 is 5.91 Å². The topological polar surface area (TPSA) is 89.8 Å². The second kappa shape index (κ2) is 31.5. The number of amides is 1. The van der Waals surface area contributed by atoms with Crippen LogP contribution in [-0.4, -0.2) is 46.1 Å². The molecule has 240 valence electrons. The normalized spacial score (nSPS) is 14.4. The minimum Gasteiger partial charge on any atom is -0.394 e. The smallest absolute Gasteiger partial charge is 0.220 e. The van der Waals surface area contributed by atoms with E-state index in [1.54, 1.807) is 0 Å². The first-order valence-corrected chi connectivity index (χ1v) is 17.3. The summed E-state index contributed by atoms with van der Waals surface area (Å²) in [6, 6.07) is -0.833. The fourth-order valence-corrected chi connectivity index (χ4v) is 4.93. The van der Waals surface area contributed by atoms with Crippen molar-refractivity contribution in [2.45, 2.75) is 180 Å². The van der Waals surface area contributed by atoms with Crippen LogP contribution in [0.25, 0.3) is 0 Å². The molecule has 5 heteroatoms. The molecule has 0 aromatic rings. The second-order valence-electron chi connectivity index (χ2n) is 11.7. The van der Waals surface area contributed by atoms with Gasteiger partial charge in [-0.05, 0) is 77.0 Å². The van der Waals surface area contributed by atoms with E-state index < -0.39 is 18.2 Å². The number of hydrogen-bond acceptors (Lipinski definition) is 4. The van der Waals surface area contributed by atoms with Gasteiger partial charge in [0.15, 0.2) is 0 Å². The maximum Gasteiger partial charge on any atom is 0.220 e. The number of carbonyl (C=O) groups excluding carboxylic acids is 1. The van der Waals surface area contributed by atoms with E-state index in [0.29, 0.717) is 12.8 Å². The van der Waals surface area contributed by atoms with Crippen molar-refractivity contribution in [3.05, 3.63) is 36.5 Å². The molecule has 4 N–H and O–H groups in total. The van der Waals surface area contributed by atoms with E-state index in [1.807, 2.05) is 0 Å². The summed E-state index contributed by atoms with van der Waals surface area (Å²) in [6.07, 6.45) is 36.6. The van der Waals surface area contributed by atoms with Crippen molar-refractivity contribution < 1.29 is 20.1 Å². The third-order valence-corrected chi connectivity index (χ3v) is 7.69. The molecule has 1 amide bonds. The van der Waals surface area contributed by atoms with Crippen LogP contribution in [0.3, 0.4) is 0 Å². The van der Waals surface area contributed by atoms with Crippen LogP contribution in [-0.2, 0) is 4.79 Å². The van der Waals surface area contributed by atoms with Gasteiger partial charge in [0.2, 0.25) is 5.91 Å². The molecule has 0 bridgehead atoms. The highest BCUT2D eigenvalue weighted by molar-refractivity contribution is 5.76. The molecular formula is C36H67NO4. The van der Waals surface area contributed by atoms with Crippen molar-refractivity contribution in [1.29, 1.82) is 0 Å². The van der Waals surface area contributed by atoms with E-state index in [4.69, 9.17) is 0 Å². The lowest BCUT2D eigenvalue weighted by atomic mass is 10.0. The molecule has 0 aromatic carbocycles. The Morgan fingerprint density at radius 2 is 1.00 bits per heavy atom. The Kier molecular flexibility index (Phi) is 30.4. The number of aliphatic hydroxyl groups excluding tert-OH is 3. The zero-order chi connectivity index (χ0) is 30.2. The lowest BCUT2D eigenvalue weighted by molar-refractivity contribution is -0.124. The lowest BCUT2D eigenvalue weighted by Crippen LogP contribution is -2.50. The van der Waals surface area contributed by atoms with Crippen molar-refractivity contribution in [3.8, 4) is 0 Å². The number of unbranched alkanes of at least 4 members (excludes halogenated alkanes) is 16. The van der Waals surface area contributed by atoms with Crippen molar-refractivity contribution in [2.75, 3.05) is 6.61 Å². The van der Waals surface area contributed by atoms with Crippen LogP contribution >= 0.6 is 0 Å². The Morgan fingerprint density at radius 3 is 1.54 bits per heavy atom. The molecule has 0 saturated carbocycles. The Hall–Kier alpha value is -1.43. The van der Waals surface area contributed by atoms with Crippen LogP contribution in [0.15, 0.2) is 36.5 Å². The highest BCUT2D eigenvalue weighted by atomic mass is 16.3. The number of nitrogens with one attached hydrogen (secondary N) is 1. The van der Waals surface area contributed by atoms with Crippen molar-refractivity contribution in [2.24, 2.45) is 0 Å². The number of allylic oxidation sites excluding steroid dienone is 6. The van der Waals surface area contributed by atoms with Gasteiger partial charge in [0.1, 0.15) is 6.10 Å². The van der Waals surface area contributed by atoms with Crippen LogP contribution < -0.4 is 5.32 Å². The maximum atomic E-state index is 12.3. The van der Waals surface area contributed by atoms with Crippen molar-refractivity contribution in [1.82, 2.24) is 5.32 Å². The van der Waals surface area contributed by atoms with E-state index in [1.165, 1.54) is 83.5 Å².